The average Bonchev–Trinajstić information content (AvgIpc) is 1.83. The monoisotopic (exact) mass is 188 g/mol. The maximum atomic E-state index is 5.41. The Morgan fingerprint density at radius 2 is 1.46 bits per heavy atom. The lowest BCUT2D eigenvalue weighted by Gasteiger charge is -2.06. The molecule has 0 aromatic rings. The smallest absolute Gasteiger partial charge is 0.0265 e. The lowest BCUT2D eigenvalue weighted by molar-refractivity contribution is 0.580. The van der Waals surface area contributed by atoms with Crippen molar-refractivity contribution >= 4 is 6.21 Å². The maximum Gasteiger partial charge on any atom is 0.0265 e. The van der Waals surface area contributed by atoms with E-state index >= 15 is 0 Å². The van der Waals surface area contributed by atoms with Crippen LogP contribution in [0.25, 0.3) is 0 Å². The molecule has 0 rings (SSSR count). The normalized spacial score (nSPS) is 15.3. The van der Waals surface area contributed by atoms with E-state index in [1.165, 1.54) is 0 Å². The molecule has 80 valence electrons. The summed E-state index contributed by atoms with van der Waals surface area (Å²) in [7, 11) is 0. The molecule has 0 heterocycles. The lowest BCUT2D eigenvalue weighted by Crippen LogP contribution is -2.26. The summed E-state index contributed by atoms with van der Waals surface area (Å²) < 4.78 is 0. The maximum absolute atomic E-state index is 5.41. The first-order valence-corrected chi connectivity index (χ1v) is 4.64. The highest BCUT2D eigenvalue weighted by molar-refractivity contribution is 5.58. The highest BCUT2D eigenvalue weighted by Gasteiger charge is 1.96. The number of rotatable bonds is 3. The van der Waals surface area contributed by atoms with Gasteiger partial charge in [0.25, 0.3) is 0 Å². The van der Waals surface area contributed by atoms with Gasteiger partial charge in [-0.2, -0.15) is 5.10 Å². The topological polar surface area (TPSA) is 90.4 Å². The van der Waals surface area contributed by atoms with Gasteiger partial charge in [-0.25, -0.2) is 0 Å². The predicted molar refractivity (Wildman–Crippen MR) is 59.4 cm³/mol. The standard InChI is InChI=1S/C5H14N2.C4H10N2/c1-4(6)3-5(2)7;1-4(2)3-6-5/h4-5H,3,6-7H2,1-2H3;3-4H,5H2,1-2H3/b;6-3-. The summed E-state index contributed by atoms with van der Waals surface area (Å²) in [5, 5.41) is 3.31. The fourth-order valence-electron chi connectivity index (χ4n) is 0.759. The van der Waals surface area contributed by atoms with E-state index in [4.69, 9.17) is 17.3 Å². The molecule has 0 aromatic carbocycles. The zero-order valence-electron chi connectivity index (χ0n) is 9.20. The van der Waals surface area contributed by atoms with Crippen LogP contribution in [0.1, 0.15) is 34.1 Å². The quantitative estimate of drug-likeness (QED) is 0.345. The average molecular weight is 188 g/mol. The Hall–Kier alpha value is -0.610. The summed E-state index contributed by atoms with van der Waals surface area (Å²) in [5.74, 6) is 5.28. The van der Waals surface area contributed by atoms with Crippen LogP contribution >= 0.6 is 0 Å². The summed E-state index contributed by atoms with van der Waals surface area (Å²) >= 11 is 0. The van der Waals surface area contributed by atoms with Crippen LogP contribution in [0.15, 0.2) is 5.10 Å². The molecule has 4 nitrogen and oxygen atoms in total. The molecular formula is C9H24N4. The summed E-state index contributed by atoms with van der Waals surface area (Å²) in [6.07, 6.45) is 2.61. The van der Waals surface area contributed by atoms with Gasteiger partial charge in [-0.1, -0.05) is 13.8 Å². The summed E-state index contributed by atoms with van der Waals surface area (Å²) in [6.45, 7) is 7.97. The van der Waals surface area contributed by atoms with Crippen LogP contribution in [0.5, 0.6) is 0 Å². The van der Waals surface area contributed by atoms with Crippen molar-refractivity contribution in [3.8, 4) is 0 Å². The van der Waals surface area contributed by atoms with E-state index in [1.807, 2.05) is 27.7 Å². The van der Waals surface area contributed by atoms with Gasteiger partial charge in [0.15, 0.2) is 0 Å². The Balaban J connectivity index is 0. The van der Waals surface area contributed by atoms with Crippen molar-refractivity contribution < 1.29 is 0 Å². The van der Waals surface area contributed by atoms with Gasteiger partial charge < -0.3 is 17.3 Å². The predicted octanol–water partition coefficient (Wildman–Crippen LogP) is 0.658. The fourth-order valence-corrected chi connectivity index (χ4v) is 0.759. The van der Waals surface area contributed by atoms with Crippen LogP contribution < -0.4 is 17.3 Å². The lowest BCUT2D eigenvalue weighted by atomic mass is 10.1. The molecule has 2 atom stereocenters. The third kappa shape index (κ3) is 24.6. The van der Waals surface area contributed by atoms with E-state index in [9.17, 15) is 0 Å². The highest BCUT2D eigenvalue weighted by atomic mass is 15.1. The highest BCUT2D eigenvalue weighted by Crippen LogP contribution is 1.88. The fraction of sp³-hybridized carbons (Fsp3) is 0.889. The summed E-state index contributed by atoms with van der Waals surface area (Å²) in [5.41, 5.74) is 10.8. The van der Waals surface area contributed by atoms with Gasteiger partial charge in [-0.15, -0.1) is 0 Å². The first-order valence-electron chi connectivity index (χ1n) is 4.64. The van der Waals surface area contributed by atoms with Crippen LogP contribution in [0.2, 0.25) is 0 Å². The largest absolute Gasteiger partial charge is 0.328 e. The van der Waals surface area contributed by atoms with Gasteiger partial charge in [0.05, 0.1) is 0 Å². The van der Waals surface area contributed by atoms with Gasteiger partial charge in [0.2, 0.25) is 0 Å². The summed E-state index contributed by atoms with van der Waals surface area (Å²) in [6, 6.07) is 0.500. The van der Waals surface area contributed by atoms with E-state index in [1.54, 1.807) is 6.21 Å². The Bertz CT molecular complexity index is 113. The summed E-state index contributed by atoms with van der Waals surface area (Å²) in [4.78, 5) is 0. The molecule has 0 aliphatic heterocycles. The molecule has 0 spiro atoms. The minimum absolute atomic E-state index is 0.250. The first-order chi connectivity index (χ1) is 5.90. The van der Waals surface area contributed by atoms with Gasteiger partial charge >= 0.3 is 0 Å². The number of hydrogen-bond donors (Lipinski definition) is 3. The second kappa shape index (κ2) is 9.48. The number of hydrogen-bond acceptors (Lipinski definition) is 4. The molecule has 0 aliphatic rings. The van der Waals surface area contributed by atoms with Crippen molar-refractivity contribution in [3.63, 3.8) is 0 Å². The Morgan fingerprint density at radius 1 is 1.08 bits per heavy atom. The molecule has 2 unspecified atom stereocenters. The zero-order valence-corrected chi connectivity index (χ0v) is 9.20. The minimum Gasteiger partial charge on any atom is -0.328 e. The molecule has 13 heavy (non-hydrogen) atoms. The van der Waals surface area contributed by atoms with Crippen LogP contribution in [0.4, 0.5) is 0 Å². The van der Waals surface area contributed by atoms with Crippen LogP contribution in [0.3, 0.4) is 0 Å². The van der Waals surface area contributed by atoms with Crippen molar-refractivity contribution in [2.24, 2.45) is 28.3 Å². The molecule has 0 saturated carbocycles. The van der Waals surface area contributed by atoms with Gasteiger partial charge in [0.1, 0.15) is 0 Å². The number of nitrogens with zero attached hydrogens (tertiary/aromatic N) is 1. The molecule has 0 bridgehead atoms. The molecule has 0 aromatic heterocycles. The molecule has 0 amide bonds. The van der Waals surface area contributed by atoms with E-state index < -0.39 is 0 Å². The van der Waals surface area contributed by atoms with E-state index in [2.05, 4.69) is 5.10 Å². The number of nitrogens with two attached hydrogens (primary N) is 3. The van der Waals surface area contributed by atoms with Crippen molar-refractivity contribution in [2.75, 3.05) is 0 Å². The zero-order chi connectivity index (χ0) is 10.9. The van der Waals surface area contributed by atoms with Gasteiger partial charge in [0, 0.05) is 18.3 Å². The van der Waals surface area contributed by atoms with Gasteiger partial charge in [-0.3, -0.25) is 0 Å². The van der Waals surface area contributed by atoms with Crippen molar-refractivity contribution in [1.82, 2.24) is 0 Å². The Kier molecular flexibility index (Phi) is 10.9. The van der Waals surface area contributed by atoms with Crippen molar-refractivity contribution in [2.45, 2.75) is 46.2 Å². The molecular weight excluding hydrogens is 164 g/mol. The molecule has 0 radical (unpaired) electrons. The molecule has 4 heteroatoms. The molecule has 0 aliphatic carbocycles. The Morgan fingerprint density at radius 3 is 1.46 bits per heavy atom. The van der Waals surface area contributed by atoms with E-state index in [0.717, 1.165) is 6.42 Å². The van der Waals surface area contributed by atoms with Crippen LogP contribution in [-0.4, -0.2) is 18.3 Å². The second-order valence-electron chi connectivity index (χ2n) is 3.73. The first kappa shape index (κ1) is 14.9. The van der Waals surface area contributed by atoms with Gasteiger partial charge in [-0.05, 0) is 26.2 Å². The third-order valence-electron chi connectivity index (χ3n) is 1.13. The third-order valence-corrected chi connectivity index (χ3v) is 1.13. The van der Waals surface area contributed by atoms with Crippen LogP contribution in [-0.2, 0) is 0 Å². The minimum atomic E-state index is 0.250. The number of hydrazone groups is 1. The van der Waals surface area contributed by atoms with Crippen LogP contribution in [0, 0.1) is 5.92 Å². The SMILES string of the molecule is CC(C)/C=N\N.CC(N)CC(C)N. The molecule has 6 N–H and O–H groups in total. The Labute approximate surface area is 81.5 Å². The molecule has 0 saturated heterocycles. The van der Waals surface area contributed by atoms with E-state index in [-0.39, 0.29) is 12.1 Å². The molecule has 0 fully saturated rings. The van der Waals surface area contributed by atoms with E-state index in [0.29, 0.717) is 5.92 Å². The second-order valence-corrected chi connectivity index (χ2v) is 3.73. The van der Waals surface area contributed by atoms with Crippen molar-refractivity contribution in [1.29, 1.82) is 0 Å². The van der Waals surface area contributed by atoms with Crippen molar-refractivity contribution in [3.05, 3.63) is 0 Å².